The van der Waals surface area contributed by atoms with E-state index in [2.05, 4.69) is 20.2 Å². The van der Waals surface area contributed by atoms with Crippen molar-refractivity contribution in [2.24, 2.45) is 0 Å². The predicted molar refractivity (Wildman–Crippen MR) is 118 cm³/mol. The number of amides is 2. The molecule has 2 fully saturated rings. The van der Waals surface area contributed by atoms with E-state index in [9.17, 15) is 14.0 Å². The van der Waals surface area contributed by atoms with Gasteiger partial charge < -0.3 is 10.2 Å². The number of likely N-dealkylation sites (tertiary alicyclic amines) is 2. The van der Waals surface area contributed by atoms with Gasteiger partial charge in [0.1, 0.15) is 11.6 Å². The second-order valence-electron chi connectivity index (χ2n) is 8.61. The SMILES string of the molecule is Cc1nc([C@H]2CCCCN2CC(=O)N2CCCC2)ncc1C(=O)NCc1ccc(F)cc1. The molecule has 8 heteroatoms. The smallest absolute Gasteiger partial charge is 0.254 e. The Balaban J connectivity index is 1.41. The van der Waals surface area contributed by atoms with Crippen molar-refractivity contribution >= 4 is 11.8 Å². The standard InChI is InChI=1S/C24H30FN5O2/c1-17-20(24(32)27-14-18-7-9-19(25)10-8-18)15-26-23(28-17)21-6-2-3-13-30(21)16-22(31)29-11-4-5-12-29/h7-10,15,21H,2-6,11-14,16H2,1H3,(H,27,32)/t21-/m1/s1. The minimum Gasteiger partial charge on any atom is -0.348 e. The fraction of sp³-hybridized carbons (Fsp3) is 0.500. The summed E-state index contributed by atoms with van der Waals surface area (Å²) in [4.78, 5) is 38.6. The lowest BCUT2D eigenvalue weighted by molar-refractivity contribution is -0.132. The summed E-state index contributed by atoms with van der Waals surface area (Å²) in [5.74, 6) is 0.288. The number of aromatic nitrogens is 2. The van der Waals surface area contributed by atoms with Crippen molar-refractivity contribution in [3.8, 4) is 0 Å². The van der Waals surface area contributed by atoms with E-state index >= 15 is 0 Å². The van der Waals surface area contributed by atoms with Gasteiger partial charge in [-0.25, -0.2) is 14.4 Å². The van der Waals surface area contributed by atoms with Crippen LogP contribution in [0.1, 0.15) is 65.6 Å². The Morgan fingerprint density at radius 3 is 2.53 bits per heavy atom. The van der Waals surface area contributed by atoms with E-state index in [1.807, 2.05) is 4.90 Å². The zero-order valence-electron chi connectivity index (χ0n) is 18.5. The molecule has 2 aromatic rings. The second kappa shape index (κ2) is 10.2. The van der Waals surface area contributed by atoms with Crippen molar-refractivity contribution in [1.29, 1.82) is 0 Å². The minimum atomic E-state index is -0.307. The summed E-state index contributed by atoms with van der Waals surface area (Å²) in [6.07, 6.45) is 6.79. The first-order valence-electron chi connectivity index (χ1n) is 11.4. The fourth-order valence-electron chi connectivity index (χ4n) is 4.46. The lowest BCUT2D eigenvalue weighted by Crippen LogP contribution is -2.43. The monoisotopic (exact) mass is 439 g/mol. The van der Waals surface area contributed by atoms with Crippen molar-refractivity contribution in [3.05, 3.63) is 58.9 Å². The third-order valence-electron chi connectivity index (χ3n) is 6.32. The molecule has 170 valence electrons. The predicted octanol–water partition coefficient (Wildman–Crippen LogP) is 3.00. The number of halogens is 1. The first kappa shape index (κ1) is 22.3. The van der Waals surface area contributed by atoms with Crippen LogP contribution in [0.4, 0.5) is 4.39 Å². The largest absolute Gasteiger partial charge is 0.348 e. The summed E-state index contributed by atoms with van der Waals surface area (Å²) in [6.45, 7) is 5.07. The van der Waals surface area contributed by atoms with Crippen LogP contribution in [-0.2, 0) is 11.3 Å². The van der Waals surface area contributed by atoms with Crippen molar-refractivity contribution in [3.63, 3.8) is 0 Å². The molecular formula is C24H30FN5O2. The molecule has 1 N–H and O–H groups in total. The molecule has 1 aromatic heterocycles. The summed E-state index contributed by atoms with van der Waals surface area (Å²) >= 11 is 0. The van der Waals surface area contributed by atoms with E-state index in [0.29, 0.717) is 30.2 Å². The Hall–Kier alpha value is -2.87. The first-order valence-corrected chi connectivity index (χ1v) is 11.4. The molecule has 2 saturated heterocycles. The molecule has 4 rings (SSSR count). The van der Waals surface area contributed by atoms with E-state index in [-0.39, 0.29) is 23.7 Å². The molecule has 0 saturated carbocycles. The Morgan fingerprint density at radius 1 is 1.09 bits per heavy atom. The van der Waals surface area contributed by atoms with Crippen LogP contribution in [0.3, 0.4) is 0 Å². The van der Waals surface area contributed by atoms with Gasteiger partial charge in [0.05, 0.1) is 23.8 Å². The number of piperidine rings is 1. The van der Waals surface area contributed by atoms with E-state index < -0.39 is 0 Å². The molecule has 1 atom stereocenters. The van der Waals surface area contributed by atoms with Gasteiger partial charge >= 0.3 is 0 Å². The van der Waals surface area contributed by atoms with Gasteiger partial charge in [-0.1, -0.05) is 18.6 Å². The molecule has 0 unspecified atom stereocenters. The van der Waals surface area contributed by atoms with E-state index in [1.54, 1.807) is 25.3 Å². The molecule has 2 aliphatic rings. The average Bonchev–Trinajstić information content (AvgIpc) is 3.34. The van der Waals surface area contributed by atoms with Crippen molar-refractivity contribution in [1.82, 2.24) is 25.1 Å². The fourth-order valence-corrected chi connectivity index (χ4v) is 4.46. The van der Waals surface area contributed by atoms with Gasteiger partial charge in [-0.05, 0) is 56.8 Å². The second-order valence-corrected chi connectivity index (χ2v) is 8.61. The maximum atomic E-state index is 13.0. The van der Waals surface area contributed by atoms with Crippen LogP contribution < -0.4 is 5.32 Å². The average molecular weight is 440 g/mol. The molecule has 32 heavy (non-hydrogen) atoms. The highest BCUT2D eigenvalue weighted by Crippen LogP contribution is 2.29. The lowest BCUT2D eigenvalue weighted by Gasteiger charge is -2.35. The van der Waals surface area contributed by atoms with Gasteiger partial charge in [0.25, 0.3) is 5.91 Å². The van der Waals surface area contributed by atoms with Crippen LogP contribution in [0.25, 0.3) is 0 Å². The number of nitrogens with one attached hydrogen (secondary N) is 1. The molecule has 1 aromatic carbocycles. The van der Waals surface area contributed by atoms with Gasteiger partial charge in [-0.3, -0.25) is 14.5 Å². The van der Waals surface area contributed by atoms with Crippen LogP contribution in [0.2, 0.25) is 0 Å². The number of aryl methyl sites for hydroxylation is 1. The molecular weight excluding hydrogens is 409 g/mol. The number of nitrogens with zero attached hydrogens (tertiary/aromatic N) is 4. The Labute approximate surface area is 188 Å². The van der Waals surface area contributed by atoms with Crippen molar-refractivity contribution in [2.75, 3.05) is 26.2 Å². The Kier molecular flexibility index (Phi) is 7.09. The van der Waals surface area contributed by atoms with Crippen LogP contribution in [0.5, 0.6) is 0 Å². The molecule has 2 amide bonds. The number of carbonyl (C=O) groups is 2. The number of hydrogen-bond donors (Lipinski definition) is 1. The van der Waals surface area contributed by atoms with Crippen LogP contribution in [-0.4, -0.2) is 57.8 Å². The van der Waals surface area contributed by atoms with E-state index in [0.717, 1.165) is 57.3 Å². The number of carbonyl (C=O) groups excluding carboxylic acids is 2. The van der Waals surface area contributed by atoms with E-state index in [4.69, 9.17) is 0 Å². The molecule has 0 aliphatic carbocycles. The molecule has 0 bridgehead atoms. The molecule has 2 aliphatic heterocycles. The number of rotatable bonds is 6. The number of hydrogen-bond acceptors (Lipinski definition) is 5. The van der Waals surface area contributed by atoms with E-state index in [1.165, 1.54) is 12.1 Å². The van der Waals surface area contributed by atoms with Crippen molar-refractivity contribution in [2.45, 2.75) is 51.6 Å². The zero-order valence-corrected chi connectivity index (χ0v) is 18.5. The van der Waals surface area contributed by atoms with Gasteiger partial charge in [0.15, 0.2) is 0 Å². The van der Waals surface area contributed by atoms with Crippen LogP contribution >= 0.6 is 0 Å². The highest BCUT2D eigenvalue weighted by Gasteiger charge is 2.30. The normalized spacial score (nSPS) is 19.2. The highest BCUT2D eigenvalue weighted by molar-refractivity contribution is 5.94. The Bertz CT molecular complexity index is 959. The summed E-state index contributed by atoms with van der Waals surface area (Å²) in [7, 11) is 0. The maximum absolute atomic E-state index is 13.0. The third-order valence-corrected chi connectivity index (χ3v) is 6.32. The summed E-state index contributed by atoms with van der Waals surface area (Å²) in [5, 5.41) is 2.84. The number of benzene rings is 1. The Morgan fingerprint density at radius 2 is 1.81 bits per heavy atom. The topological polar surface area (TPSA) is 78.4 Å². The summed E-state index contributed by atoms with van der Waals surface area (Å²) in [5.41, 5.74) is 1.85. The zero-order chi connectivity index (χ0) is 22.5. The molecule has 0 spiro atoms. The quantitative estimate of drug-likeness (QED) is 0.749. The molecule has 3 heterocycles. The first-order chi connectivity index (χ1) is 15.5. The van der Waals surface area contributed by atoms with Gasteiger partial charge in [-0.15, -0.1) is 0 Å². The lowest BCUT2D eigenvalue weighted by atomic mass is 10.0. The summed E-state index contributed by atoms with van der Waals surface area (Å²) < 4.78 is 13.0. The van der Waals surface area contributed by atoms with Gasteiger partial charge in [0, 0.05) is 25.8 Å². The molecule has 0 radical (unpaired) electrons. The van der Waals surface area contributed by atoms with Crippen LogP contribution in [0, 0.1) is 12.7 Å². The van der Waals surface area contributed by atoms with Gasteiger partial charge in [-0.2, -0.15) is 0 Å². The third kappa shape index (κ3) is 5.30. The van der Waals surface area contributed by atoms with Crippen LogP contribution in [0.15, 0.2) is 30.5 Å². The van der Waals surface area contributed by atoms with Gasteiger partial charge in [0.2, 0.25) is 5.91 Å². The summed E-state index contributed by atoms with van der Waals surface area (Å²) in [6, 6.07) is 6.02. The minimum absolute atomic E-state index is 0.00895. The highest BCUT2D eigenvalue weighted by atomic mass is 19.1. The molecule has 7 nitrogen and oxygen atoms in total. The van der Waals surface area contributed by atoms with Crippen molar-refractivity contribution < 1.29 is 14.0 Å². The maximum Gasteiger partial charge on any atom is 0.254 e.